The molecule has 0 heterocycles. The van der Waals surface area contributed by atoms with Gasteiger partial charge >= 0.3 is 0 Å². The molecule has 0 fully saturated rings. The third-order valence-corrected chi connectivity index (χ3v) is 3.62. The number of alkyl halides is 1. The minimum absolute atomic E-state index is 0.268. The maximum atomic E-state index is 12.9. The summed E-state index contributed by atoms with van der Waals surface area (Å²) in [5.74, 6) is 1.47. The predicted molar refractivity (Wildman–Crippen MR) is 82.9 cm³/mol. The lowest BCUT2D eigenvalue weighted by Crippen LogP contribution is -2.01. The lowest BCUT2D eigenvalue weighted by Gasteiger charge is -2.15. The highest BCUT2D eigenvalue weighted by molar-refractivity contribution is 9.08. The Balaban J connectivity index is 2.23. The van der Waals surface area contributed by atoms with E-state index in [1.807, 2.05) is 12.1 Å². The van der Waals surface area contributed by atoms with Crippen LogP contribution in [-0.2, 0) is 11.9 Å². The number of hydrogen-bond acceptors (Lipinski definition) is 3. The van der Waals surface area contributed by atoms with Crippen molar-refractivity contribution in [1.82, 2.24) is 0 Å². The molecular formula is C16H16BrFO3. The fourth-order valence-electron chi connectivity index (χ4n) is 1.89. The van der Waals surface area contributed by atoms with E-state index < -0.39 is 0 Å². The quantitative estimate of drug-likeness (QED) is 0.723. The first-order valence-electron chi connectivity index (χ1n) is 6.36. The van der Waals surface area contributed by atoms with E-state index in [0.29, 0.717) is 29.2 Å². The van der Waals surface area contributed by atoms with Gasteiger partial charge < -0.3 is 14.2 Å². The summed E-state index contributed by atoms with van der Waals surface area (Å²) < 4.78 is 29.4. The normalized spacial score (nSPS) is 10.3. The van der Waals surface area contributed by atoms with Crippen LogP contribution in [0.3, 0.4) is 0 Å². The van der Waals surface area contributed by atoms with Crippen molar-refractivity contribution in [3.05, 3.63) is 53.3 Å². The van der Waals surface area contributed by atoms with E-state index in [1.165, 1.54) is 12.1 Å². The number of halogens is 2. The zero-order valence-electron chi connectivity index (χ0n) is 11.9. The summed E-state index contributed by atoms with van der Waals surface area (Å²) in [5, 5.41) is 0.692. The fraction of sp³-hybridized carbons (Fsp3) is 0.250. The van der Waals surface area contributed by atoms with Gasteiger partial charge in [0.05, 0.1) is 14.2 Å². The summed E-state index contributed by atoms with van der Waals surface area (Å²) in [6.07, 6.45) is 0. The molecule has 3 nitrogen and oxygen atoms in total. The van der Waals surface area contributed by atoms with E-state index in [-0.39, 0.29) is 5.82 Å². The van der Waals surface area contributed by atoms with Gasteiger partial charge in [0.1, 0.15) is 12.4 Å². The van der Waals surface area contributed by atoms with Crippen LogP contribution in [0.15, 0.2) is 36.4 Å². The molecule has 0 saturated carbocycles. The standard InChI is InChI=1S/C16H16BrFO3/c1-19-14-7-12(9-17)8-15(20-2)16(14)21-10-11-3-5-13(18)6-4-11/h3-8H,9-10H2,1-2H3. The summed E-state index contributed by atoms with van der Waals surface area (Å²) in [6, 6.07) is 9.94. The van der Waals surface area contributed by atoms with Gasteiger partial charge in [-0.1, -0.05) is 28.1 Å². The summed E-state index contributed by atoms with van der Waals surface area (Å²) in [6.45, 7) is 0.306. The van der Waals surface area contributed by atoms with Crippen molar-refractivity contribution in [2.24, 2.45) is 0 Å². The second-order valence-corrected chi connectivity index (χ2v) is 4.94. The van der Waals surface area contributed by atoms with Crippen molar-refractivity contribution < 1.29 is 18.6 Å². The van der Waals surface area contributed by atoms with E-state index in [4.69, 9.17) is 14.2 Å². The largest absolute Gasteiger partial charge is 0.493 e. The first-order valence-corrected chi connectivity index (χ1v) is 7.48. The summed E-state index contributed by atoms with van der Waals surface area (Å²) in [7, 11) is 3.16. The van der Waals surface area contributed by atoms with Gasteiger partial charge in [-0.15, -0.1) is 0 Å². The van der Waals surface area contributed by atoms with Gasteiger partial charge in [-0.05, 0) is 35.4 Å². The summed E-state index contributed by atoms with van der Waals surface area (Å²) in [4.78, 5) is 0. The average Bonchev–Trinajstić information content (AvgIpc) is 2.53. The Hall–Kier alpha value is -1.75. The Morgan fingerprint density at radius 1 is 0.952 bits per heavy atom. The molecule has 0 unspecified atom stereocenters. The van der Waals surface area contributed by atoms with Crippen molar-refractivity contribution in [3.8, 4) is 17.2 Å². The molecule has 0 aliphatic heterocycles. The van der Waals surface area contributed by atoms with E-state index in [1.54, 1.807) is 26.4 Å². The molecule has 2 aromatic rings. The van der Waals surface area contributed by atoms with E-state index in [9.17, 15) is 4.39 Å². The topological polar surface area (TPSA) is 27.7 Å². The number of benzene rings is 2. The van der Waals surface area contributed by atoms with Crippen LogP contribution in [0, 0.1) is 5.82 Å². The van der Waals surface area contributed by atoms with Gasteiger partial charge in [-0.3, -0.25) is 0 Å². The molecule has 0 aliphatic carbocycles. The third-order valence-electron chi connectivity index (χ3n) is 2.97. The van der Waals surface area contributed by atoms with Crippen LogP contribution in [-0.4, -0.2) is 14.2 Å². The summed E-state index contributed by atoms with van der Waals surface area (Å²) in [5.41, 5.74) is 1.89. The van der Waals surface area contributed by atoms with Crippen LogP contribution >= 0.6 is 15.9 Å². The summed E-state index contributed by atoms with van der Waals surface area (Å²) >= 11 is 3.40. The molecule has 2 aromatic carbocycles. The lowest BCUT2D eigenvalue weighted by molar-refractivity contribution is 0.265. The molecule has 0 aliphatic rings. The molecule has 0 saturated heterocycles. The molecule has 0 bridgehead atoms. The molecule has 5 heteroatoms. The molecule has 2 rings (SSSR count). The van der Waals surface area contributed by atoms with Crippen molar-refractivity contribution in [3.63, 3.8) is 0 Å². The zero-order valence-corrected chi connectivity index (χ0v) is 13.4. The minimum Gasteiger partial charge on any atom is -0.493 e. The molecule has 0 spiro atoms. The maximum absolute atomic E-state index is 12.9. The Bertz CT molecular complexity index is 574. The molecule has 21 heavy (non-hydrogen) atoms. The van der Waals surface area contributed by atoms with E-state index in [2.05, 4.69) is 15.9 Å². The van der Waals surface area contributed by atoms with Gasteiger partial charge in [-0.25, -0.2) is 4.39 Å². The molecule has 0 amide bonds. The lowest BCUT2D eigenvalue weighted by atomic mass is 10.2. The Labute approximate surface area is 131 Å². The van der Waals surface area contributed by atoms with Crippen molar-refractivity contribution in [1.29, 1.82) is 0 Å². The highest BCUT2D eigenvalue weighted by Crippen LogP contribution is 2.39. The smallest absolute Gasteiger partial charge is 0.203 e. The molecule has 0 N–H and O–H groups in total. The Morgan fingerprint density at radius 2 is 1.52 bits per heavy atom. The number of methoxy groups -OCH3 is 2. The van der Waals surface area contributed by atoms with Gasteiger partial charge in [0.15, 0.2) is 11.5 Å². The highest BCUT2D eigenvalue weighted by Gasteiger charge is 2.14. The first kappa shape index (κ1) is 15.6. The van der Waals surface area contributed by atoms with E-state index >= 15 is 0 Å². The van der Waals surface area contributed by atoms with Crippen molar-refractivity contribution in [2.75, 3.05) is 14.2 Å². The number of ether oxygens (including phenoxy) is 3. The highest BCUT2D eigenvalue weighted by atomic mass is 79.9. The van der Waals surface area contributed by atoms with Crippen LogP contribution in [0.4, 0.5) is 4.39 Å². The number of rotatable bonds is 6. The van der Waals surface area contributed by atoms with Crippen LogP contribution < -0.4 is 14.2 Å². The molecular weight excluding hydrogens is 339 g/mol. The molecule has 0 atom stereocenters. The second-order valence-electron chi connectivity index (χ2n) is 4.38. The molecule has 112 valence electrons. The van der Waals surface area contributed by atoms with Crippen molar-refractivity contribution >= 4 is 15.9 Å². The predicted octanol–water partition coefficient (Wildman–Crippen LogP) is 4.32. The van der Waals surface area contributed by atoms with Gasteiger partial charge in [0.25, 0.3) is 0 Å². The van der Waals surface area contributed by atoms with Crippen LogP contribution in [0.5, 0.6) is 17.2 Å². The van der Waals surface area contributed by atoms with Gasteiger partial charge in [-0.2, -0.15) is 0 Å². The first-order chi connectivity index (χ1) is 10.2. The van der Waals surface area contributed by atoms with Crippen LogP contribution in [0.25, 0.3) is 0 Å². The Morgan fingerprint density at radius 3 is 2.00 bits per heavy atom. The minimum atomic E-state index is -0.268. The zero-order chi connectivity index (χ0) is 15.2. The monoisotopic (exact) mass is 354 g/mol. The van der Waals surface area contributed by atoms with E-state index in [0.717, 1.165) is 11.1 Å². The second kappa shape index (κ2) is 7.31. The molecule has 0 aromatic heterocycles. The fourth-order valence-corrected chi connectivity index (χ4v) is 2.21. The third kappa shape index (κ3) is 3.88. The SMILES string of the molecule is COc1cc(CBr)cc(OC)c1OCc1ccc(F)cc1. The van der Waals surface area contributed by atoms with Gasteiger partial charge in [0, 0.05) is 5.33 Å². The van der Waals surface area contributed by atoms with Gasteiger partial charge in [0.2, 0.25) is 5.75 Å². The van der Waals surface area contributed by atoms with Crippen molar-refractivity contribution in [2.45, 2.75) is 11.9 Å². The van der Waals surface area contributed by atoms with Crippen LogP contribution in [0.1, 0.15) is 11.1 Å². The average molecular weight is 355 g/mol. The van der Waals surface area contributed by atoms with Crippen LogP contribution in [0.2, 0.25) is 0 Å². The number of hydrogen-bond donors (Lipinski definition) is 0. The molecule has 0 radical (unpaired) electrons. The maximum Gasteiger partial charge on any atom is 0.203 e. The Kier molecular flexibility index (Phi) is 5.44.